The van der Waals surface area contributed by atoms with Crippen molar-refractivity contribution in [1.82, 2.24) is 5.32 Å². The molecule has 13 heavy (non-hydrogen) atoms. The van der Waals surface area contributed by atoms with Gasteiger partial charge in [-0.2, -0.15) is 0 Å². The Bertz CT molecular complexity index is 269. The van der Waals surface area contributed by atoms with E-state index in [2.05, 4.69) is 5.32 Å². The van der Waals surface area contributed by atoms with Gasteiger partial charge in [-0.15, -0.1) is 11.3 Å². The Hall–Kier alpha value is -0.870. The van der Waals surface area contributed by atoms with Gasteiger partial charge in [-0.25, -0.2) is 0 Å². The highest BCUT2D eigenvalue weighted by atomic mass is 32.1. The number of nitrogens with one attached hydrogen (secondary N) is 1. The van der Waals surface area contributed by atoms with E-state index in [1.165, 1.54) is 0 Å². The number of amides is 1. The molecule has 2 atom stereocenters. The van der Waals surface area contributed by atoms with E-state index in [0.29, 0.717) is 0 Å². The summed E-state index contributed by atoms with van der Waals surface area (Å²) in [5.41, 5.74) is 5.43. The molecule has 72 valence electrons. The van der Waals surface area contributed by atoms with Crippen molar-refractivity contribution in [3.8, 4) is 0 Å². The number of rotatable bonds is 3. The Labute approximate surface area is 81.9 Å². The zero-order chi connectivity index (χ0) is 9.84. The average molecular weight is 198 g/mol. The third kappa shape index (κ3) is 2.82. The van der Waals surface area contributed by atoms with Crippen LogP contribution in [0.4, 0.5) is 0 Å². The topological polar surface area (TPSA) is 55.1 Å². The molecule has 0 aliphatic rings. The normalized spacial score (nSPS) is 15.0. The van der Waals surface area contributed by atoms with E-state index in [0.717, 1.165) is 4.88 Å². The van der Waals surface area contributed by atoms with Crippen molar-refractivity contribution in [1.29, 1.82) is 0 Å². The third-order valence-electron chi connectivity index (χ3n) is 1.74. The number of nitrogens with two attached hydrogens (primary N) is 1. The van der Waals surface area contributed by atoms with Gasteiger partial charge >= 0.3 is 0 Å². The van der Waals surface area contributed by atoms with Crippen LogP contribution in [0.25, 0.3) is 0 Å². The van der Waals surface area contributed by atoms with Crippen molar-refractivity contribution in [2.45, 2.75) is 25.9 Å². The minimum Gasteiger partial charge on any atom is -0.347 e. The summed E-state index contributed by atoms with van der Waals surface area (Å²) < 4.78 is 0. The summed E-state index contributed by atoms with van der Waals surface area (Å²) >= 11 is 1.63. The van der Waals surface area contributed by atoms with Gasteiger partial charge in [-0.05, 0) is 25.3 Å². The average Bonchev–Trinajstić information content (AvgIpc) is 2.55. The summed E-state index contributed by atoms with van der Waals surface area (Å²) in [5, 5.41) is 4.82. The smallest absolute Gasteiger partial charge is 0.237 e. The second-order valence-electron chi connectivity index (χ2n) is 3.03. The maximum absolute atomic E-state index is 11.2. The molecule has 3 nitrogen and oxygen atoms in total. The van der Waals surface area contributed by atoms with E-state index in [1.807, 2.05) is 24.4 Å². The largest absolute Gasteiger partial charge is 0.347 e. The minimum absolute atomic E-state index is 0.0542. The molecule has 0 saturated carbocycles. The van der Waals surface area contributed by atoms with Crippen molar-refractivity contribution < 1.29 is 4.79 Å². The van der Waals surface area contributed by atoms with Crippen LogP contribution in [0.5, 0.6) is 0 Å². The number of thiophene rings is 1. The quantitative estimate of drug-likeness (QED) is 0.768. The summed E-state index contributed by atoms with van der Waals surface area (Å²) in [6, 6.07) is 3.58. The first kappa shape index (κ1) is 10.2. The predicted octanol–water partition coefficient (Wildman–Crippen LogP) is 1.27. The van der Waals surface area contributed by atoms with Crippen LogP contribution in [0, 0.1) is 0 Å². The first-order valence-corrected chi connectivity index (χ1v) is 5.08. The van der Waals surface area contributed by atoms with E-state index < -0.39 is 6.04 Å². The van der Waals surface area contributed by atoms with Gasteiger partial charge in [0, 0.05) is 4.88 Å². The molecule has 0 saturated heterocycles. The molecule has 2 unspecified atom stereocenters. The van der Waals surface area contributed by atoms with E-state index in [9.17, 15) is 4.79 Å². The van der Waals surface area contributed by atoms with Gasteiger partial charge in [0.25, 0.3) is 0 Å². The number of carbonyl (C=O) groups is 1. The maximum Gasteiger partial charge on any atom is 0.237 e. The summed E-state index contributed by atoms with van der Waals surface area (Å²) in [5.74, 6) is -0.110. The fourth-order valence-electron chi connectivity index (χ4n) is 0.954. The fraction of sp³-hybridized carbons (Fsp3) is 0.444. The zero-order valence-corrected chi connectivity index (χ0v) is 8.60. The van der Waals surface area contributed by atoms with Crippen LogP contribution >= 0.6 is 11.3 Å². The van der Waals surface area contributed by atoms with Crippen LogP contribution in [0.2, 0.25) is 0 Å². The SMILES string of the molecule is CC(N)C(=O)NC(C)c1cccs1. The Kier molecular flexibility index (Phi) is 3.45. The van der Waals surface area contributed by atoms with Crippen LogP contribution in [0.15, 0.2) is 17.5 Å². The van der Waals surface area contributed by atoms with Crippen molar-refractivity contribution >= 4 is 17.2 Å². The summed E-state index contributed by atoms with van der Waals surface area (Å²) in [6.45, 7) is 3.63. The van der Waals surface area contributed by atoms with E-state index in [4.69, 9.17) is 5.73 Å². The third-order valence-corrected chi connectivity index (χ3v) is 2.80. The highest BCUT2D eigenvalue weighted by Crippen LogP contribution is 2.17. The molecule has 0 radical (unpaired) electrons. The van der Waals surface area contributed by atoms with Crippen LogP contribution in [0.3, 0.4) is 0 Å². The fourth-order valence-corrected chi connectivity index (χ4v) is 1.69. The monoisotopic (exact) mass is 198 g/mol. The van der Waals surface area contributed by atoms with Gasteiger partial charge in [0.05, 0.1) is 12.1 Å². The number of hydrogen-bond donors (Lipinski definition) is 2. The Morgan fingerprint density at radius 1 is 1.62 bits per heavy atom. The molecule has 1 rings (SSSR count). The summed E-state index contributed by atoms with van der Waals surface area (Å²) in [7, 11) is 0. The molecule has 4 heteroatoms. The van der Waals surface area contributed by atoms with Gasteiger partial charge in [0.15, 0.2) is 0 Å². The molecule has 0 aliphatic heterocycles. The van der Waals surface area contributed by atoms with Crippen molar-refractivity contribution in [3.05, 3.63) is 22.4 Å². The number of hydrogen-bond acceptors (Lipinski definition) is 3. The second-order valence-corrected chi connectivity index (χ2v) is 4.01. The van der Waals surface area contributed by atoms with Crippen LogP contribution < -0.4 is 11.1 Å². The van der Waals surface area contributed by atoms with Crippen molar-refractivity contribution in [2.75, 3.05) is 0 Å². The van der Waals surface area contributed by atoms with Gasteiger partial charge in [-0.3, -0.25) is 4.79 Å². The first-order valence-electron chi connectivity index (χ1n) is 4.20. The lowest BCUT2D eigenvalue weighted by Gasteiger charge is -2.13. The molecule has 1 heterocycles. The second kappa shape index (κ2) is 4.39. The molecule has 3 N–H and O–H groups in total. The Balaban J connectivity index is 2.51. The lowest BCUT2D eigenvalue weighted by atomic mass is 10.2. The maximum atomic E-state index is 11.2. The van der Waals surface area contributed by atoms with Gasteiger partial charge in [-0.1, -0.05) is 6.07 Å². The molecule has 1 aromatic heterocycles. The molecule has 1 amide bonds. The van der Waals surface area contributed by atoms with Crippen molar-refractivity contribution in [2.24, 2.45) is 5.73 Å². The lowest BCUT2D eigenvalue weighted by Crippen LogP contribution is -2.39. The van der Waals surface area contributed by atoms with Crippen LogP contribution in [-0.4, -0.2) is 11.9 Å². The van der Waals surface area contributed by atoms with Gasteiger partial charge < -0.3 is 11.1 Å². The zero-order valence-electron chi connectivity index (χ0n) is 7.78. The molecular formula is C9H14N2OS. The molecule has 0 bridgehead atoms. The van der Waals surface area contributed by atoms with E-state index in [1.54, 1.807) is 18.3 Å². The standard InChI is InChI=1S/C9H14N2OS/c1-6(10)9(12)11-7(2)8-4-3-5-13-8/h3-7H,10H2,1-2H3,(H,11,12). The summed E-state index contributed by atoms with van der Waals surface area (Å²) in [6.07, 6.45) is 0. The highest BCUT2D eigenvalue weighted by Gasteiger charge is 2.12. The molecule has 0 aliphatic carbocycles. The molecule has 0 fully saturated rings. The summed E-state index contributed by atoms with van der Waals surface area (Å²) in [4.78, 5) is 12.4. The highest BCUT2D eigenvalue weighted by molar-refractivity contribution is 7.10. The minimum atomic E-state index is -0.442. The number of carbonyl (C=O) groups excluding carboxylic acids is 1. The van der Waals surface area contributed by atoms with Crippen LogP contribution in [0.1, 0.15) is 24.8 Å². The molecule has 0 aromatic carbocycles. The Morgan fingerprint density at radius 3 is 2.77 bits per heavy atom. The Morgan fingerprint density at radius 2 is 2.31 bits per heavy atom. The molecular weight excluding hydrogens is 184 g/mol. The molecule has 1 aromatic rings. The van der Waals surface area contributed by atoms with Crippen molar-refractivity contribution in [3.63, 3.8) is 0 Å². The van der Waals surface area contributed by atoms with Gasteiger partial charge in [0.2, 0.25) is 5.91 Å². The van der Waals surface area contributed by atoms with Gasteiger partial charge in [0.1, 0.15) is 0 Å². The van der Waals surface area contributed by atoms with E-state index in [-0.39, 0.29) is 11.9 Å². The first-order chi connectivity index (χ1) is 6.11. The predicted molar refractivity (Wildman–Crippen MR) is 54.5 cm³/mol. The lowest BCUT2D eigenvalue weighted by molar-refractivity contribution is -0.122. The van der Waals surface area contributed by atoms with Crippen LogP contribution in [-0.2, 0) is 4.79 Å². The van der Waals surface area contributed by atoms with E-state index >= 15 is 0 Å². The molecule has 0 spiro atoms.